The third-order valence-corrected chi connectivity index (χ3v) is 2.21. The van der Waals surface area contributed by atoms with Crippen LogP contribution in [0, 0.1) is 5.92 Å². The Morgan fingerprint density at radius 3 is 2.31 bits per heavy atom. The van der Waals surface area contributed by atoms with Crippen LogP contribution in [0.1, 0.15) is 19.8 Å². The van der Waals surface area contributed by atoms with E-state index in [1.54, 1.807) is 14.0 Å². The number of carbonyl (C=O) groups is 2. The Balaban J connectivity index is 3.80. The molecule has 1 atom stereocenters. The van der Waals surface area contributed by atoms with E-state index in [9.17, 15) is 9.59 Å². The maximum absolute atomic E-state index is 11.6. The molecule has 1 unspecified atom stereocenters. The lowest BCUT2D eigenvalue weighted by molar-refractivity contribution is -0.149. The summed E-state index contributed by atoms with van der Waals surface area (Å²) in [6.45, 7) is 3.06. The highest BCUT2D eigenvalue weighted by Gasteiger charge is 2.24. The summed E-state index contributed by atoms with van der Waals surface area (Å²) >= 11 is 0. The van der Waals surface area contributed by atoms with Gasteiger partial charge < -0.3 is 14.2 Å². The van der Waals surface area contributed by atoms with Gasteiger partial charge >= 0.3 is 5.97 Å². The predicted molar refractivity (Wildman–Crippen MR) is 58.1 cm³/mol. The first kappa shape index (κ1) is 15.1. The van der Waals surface area contributed by atoms with Crippen molar-refractivity contribution < 1.29 is 23.8 Å². The van der Waals surface area contributed by atoms with Crippen molar-refractivity contribution in [2.75, 3.05) is 34.0 Å². The average molecular weight is 232 g/mol. The minimum atomic E-state index is -0.656. The molecule has 16 heavy (non-hydrogen) atoms. The van der Waals surface area contributed by atoms with Crippen molar-refractivity contribution in [1.29, 1.82) is 0 Å². The Morgan fingerprint density at radius 2 is 1.81 bits per heavy atom. The molecule has 5 heteroatoms. The Morgan fingerprint density at radius 1 is 1.12 bits per heavy atom. The highest BCUT2D eigenvalue weighted by molar-refractivity contribution is 5.98. The van der Waals surface area contributed by atoms with E-state index in [4.69, 9.17) is 9.47 Å². The van der Waals surface area contributed by atoms with Gasteiger partial charge in [0, 0.05) is 13.5 Å². The summed E-state index contributed by atoms with van der Waals surface area (Å²) in [6, 6.07) is 0. The van der Waals surface area contributed by atoms with E-state index in [2.05, 4.69) is 4.74 Å². The second-order valence-corrected chi connectivity index (χ2v) is 3.31. The zero-order chi connectivity index (χ0) is 12.4. The van der Waals surface area contributed by atoms with Crippen molar-refractivity contribution in [1.82, 2.24) is 0 Å². The van der Waals surface area contributed by atoms with Crippen LogP contribution in [0.2, 0.25) is 0 Å². The second kappa shape index (κ2) is 9.30. The Hall–Kier alpha value is -0.940. The van der Waals surface area contributed by atoms with Gasteiger partial charge in [-0.3, -0.25) is 9.59 Å². The molecule has 0 aromatic carbocycles. The molecule has 0 N–H and O–H groups in total. The smallest absolute Gasteiger partial charge is 0.316 e. The lowest BCUT2D eigenvalue weighted by Crippen LogP contribution is -2.25. The van der Waals surface area contributed by atoms with Gasteiger partial charge in [0.15, 0.2) is 0 Å². The van der Waals surface area contributed by atoms with Gasteiger partial charge in [-0.25, -0.2) is 0 Å². The number of ether oxygens (including phenoxy) is 3. The van der Waals surface area contributed by atoms with Crippen LogP contribution in [-0.2, 0) is 23.8 Å². The summed E-state index contributed by atoms with van der Waals surface area (Å²) in [6.07, 6.45) is 0.695. The number of rotatable bonds is 9. The average Bonchev–Trinajstić information content (AvgIpc) is 2.29. The summed E-state index contributed by atoms with van der Waals surface area (Å²) in [5, 5.41) is 0. The molecule has 0 aliphatic heterocycles. The summed E-state index contributed by atoms with van der Waals surface area (Å²) in [7, 11) is 2.87. The van der Waals surface area contributed by atoms with Gasteiger partial charge in [-0.1, -0.05) is 6.92 Å². The Kier molecular flexibility index (Phi) is 8.75. The van der Waals surface area contributed by atoms with E-state index >= 15 is 0 Å². The standard InChI is InChI=1S/C11H20O5/c1-4-9(11(13)15-3)10(12)5-6-16-8-7-14-2/h9H,4-8H2,1-3H3. The first-order valence-electron chi connectivity index (χ1n) is 5.34. The van der Waals surface area contributed by atoms with Gasteiger partial charge in [-0.15, -0.1) is 0 Å². The SMILES string of the molecule is CCC(C(=O)CCOCCOC)C(=O)OC. The van der Waals surface area contributed by atoms with E-state index < -0.39 is 11.9 Å². The Bertz CT molecular complexity index is 214. The monoisotopic (exact) mass is 232 g/mol. The molecular weight excluding hydrogens is 212 g/mol. The van der Waals surface area contributed by atoms with Crippen molar-refractivity contribution in [2.45, 2.75) is 19.8 Å². The highest BCUT2D eigenvalue weighted by atomic mass is 16.5. The number of Topliss-reactive ketones (excluding diaryl/α,β-unsaturated/α-hetero) is 1. The summed E-state index contributed by atoms with van der Waals surface area (Å²) < 4.78 is 14.5. The molecule has 0 spiro atoms. The number of esters is 1. The summed E-state index contributed by atoms with van der Waals surface area (Å²) in [4.78, 5) is 22.8. The van der Waals surface area contributed by atoms with Gasteiger partial charge in [0.1, 0.15) is 11.7 Å². The number of methoxy groups -OCH3 is 2. The van der Waals surface area contributed by atoms with Gasteiger partial charge in [0.2, 0.25) is 0 Å². The quantitative estimate of drug-likeness (QED) is 0.334. The van der Waals surface area contributed by atoms with Gasteiger partial charge in [0.05, 0.1) is 26.9 Å². The number of ketones is 1. The Labute approximate surface area is 96.1 Å². The minimum absolute atomic E-state index is 0.133. The van der Waals surface area contributed by atoms with Crippen molar-refractivity contribution in [3.05, 3.63) is 0 Å². The van der Waals surface area contributed by atoms with Gasteiger partial charge in [0.25, 0.3) is 0 Å². The maximum atomic E-state index is 11.6. The molecule has 0 aliphatic carbocycles. The topological polar surface area (TPSA) is 61.8 Å². The predicted octanol–water partition coefficient (Wildman–Crippen LogP) is 0.808. The largest absolute Gasteiger partial charge is 0.468 e. The molecule has 0 fully saturated rings. The van der Waals surface area contributed by atoms with Crippen molar-refractivity contribution in [3.63, 3.8) is 0 Å². The third kappa shape index (κ3) is 5.82. The molecule has 0 amide bonds. The first-order chi connectivity index (χ1) is 7.67. The molecule has 0 heterocycles. The summed E-state index contributed by atoms with van der Waals surface area (Å²) in [5.74, 6) is -1.26. The van der Waals surface area contributed by atoms with Crippen LogP contribution in [-0.4, -0.2) is 45.8 Å². The zero-order valence-corrected chi connectivity index (χ0v) is 10.2. The fourth-order valence-corrected chi connectivity index (χ4v) is 1.26. The number of carbonyl (C=O) groups excluding carboxylic acids is 2. The molecule has 5 nitrogen and oxygen atoms in total. The zero-order valence-electron chi connectivity index (χ0n) is 10.2. The first-order valence-corrected chi connectivity index (χ1v) is 5.34. The van der Waals surface area contributed by atoms with E-state index in [0.717, 1.165) is 0 Å². The van der Waals surface area contributed by atoms with Crippen LogP contribution in [0.4, 0.5) is 0 Å². The molecule has 94 valence electrons. The van der Waals surface area contributed by atoms with E-state index in [1.807, 2.05) is 0 Å². The second-order valence-electron chi connectivity index (χ2n) is 3.31. The fraction of sp³-hybridized carbons (Fsp3) is 0.818. The minimum Gasteiger partial charge on any atom is -0.468 e. The van der Waals surface area contributed by atoms with Crippen LogP contribution < -0.4 is 0 Å². The lowest BCUT2D eigenvalue weighted by atomic mass is 9.99. The van der Waals surface area contributed by atoms with Crippen LogP contribution in [0.3, 0.4) is 0 Å². The molecule has 0 saturated heterocycles. The molecule has 0 radical (unpaired) electrons. The summed E-state index contributed by atoms with van der Waals surface area (Å²) in [5.41, 5.74) is 0. The van der Waals surface area contributed by atoms with Crippen LogP contribution in [0.25, 0.3) is 0 Å². The number of hydrogen-bond donors (Lipinski definition) is 0. The molecule has 0 aromatic rings. The van der Waals surface area contributed by atoms with Crippen molar-refractivity contribution in [3.8, 4) is 0 Å². The van der Waals surface area contributed by atoms with Gasteiger partial charge in [-0.2, -0.15) is 0 Å². The molecule has 0 saturated carbocycles. The molecule has 0 rings (SSSR count). The van der Waals surface area contributed by atoms with Gasteiger partial charge in [-0.05, 0) is 6.42 Å². The molecule has 0 aliphatic rings. The normalized spacial score (nSPS) is 12.2. The van der Waals surface area contributed by atoms with Crippen molar-refractivity contribution >= 4 is 11.8 Å². The van der Waals surface area contributed by atoms with Crippen LogP contribution in [0.15, 0.2) is 0 Å². The molecule has 0 aromatic heterocycles. The fourth-order valence-electron chi connectivity index (χ4n) is 1.26. The lowest BCUT2D eigenvalue weighted by Gasteiger charge is -2.11. The molecule has 0 bridgehead atoms. The third-order valence-electron chi connectivity index (χ3n) is 2.21. The van der Waals surface area contributed by atoms with Crippen LogP contribution >= 0.6 is 0 Å². The van der Waals surface area contributed by atoms with Crippen molar-refractivity contribution in [2.24, 2.45) is 5.92 Å². The maximum Gasteiger partial charge on any atom is 0.316 e. The molecular formula is C11H20O5. The van der Waals surface area contributed by atoms with E-state index in [1.165, 1.54) is 7.11 Å². The number of hydrogen-bond acceptors (Lipinski definition) is 5. The van der Waals surface area contributed by atoms with Crippen LogP contribution in [0.5, 0.6) is 0 Å². The van der Waals surface area contributed by atoms with E-state index in [-0.39, 0.29) is 12.2 Å². The van der Waals surface area contributed by atoms with E-state index in [0.29, 0.717) is 26.2 Å². The highest BCUT2D eigenvalue weighted by Crippen LogP contribution is 2.09.